The Balaban J connectivity index is 1.20. The van der Waals surface area contributed by atoms with Gasteiger partial charge >= 0.3 is 0 Å². The van der Waals surface area contributed by atoms with Crippen LogP contribution in [0.25, 0.3) is 0 Å². The van der Waals surface area contributed by atoms with E-state index in [1.54, 1.807) is 6.20 Å². The van der Waals surface area contributed by atoms with Crippen LogP contribution in [0.5, 0.6) is 0 Å². The Kier molecular flexibility index (Phi) is 5.76. The van der Waals surface area contributed by atoms with E-state index in [1.165, 1.54) is 0 Å². The maximum Gasteiger partial charge on any atom is 0.225 e. The van der Waals surface area contributed by atoms with Gasteiger partial charge in [0.25, 0.3) is 0 Å². The summed E-state index contributed by atoms with van der Waals surface area (Å²) in [5.74, 6) is 0.962. The molecule has 1 aliphatic carbocycles. The molecule has 0 bridgehead atoms. The van der Waals surface area contributed by atoms with Gasteiger partial charge in [-0.25, -0.2) is 0 Å². The molecule has 0 spiro atoms. The fraction of sp³-hybridized carbons (Fsp3) is 0.750. The molecule has 1 aromatic heterocycles. The van der Waals surface area contributed by atoms with Gasteiger partial charge in [0.15, 0.2) is 0 Å². The van der Waals surface area contributed by atoms with E-state index in [0.29, 0.717) is 31.0 Å². The van der Waals surface area contributed by atoms with Gasteiger partial charge in [0.1, 0.15) is 0 Å². The van der Waals surface area contributed by atoms with Crippen molar-refractivity contribution in [1.82, 2.24) is 24.9 Å². The van der Waals surface area contributed by atoms with Gasteiger partial charge in [0, 0.05) is 50.5 Å². The Morgan fingerprint density at radius 2 is 1.85 bits per heavy atom. The molecule has 2 aliphatic heterocycles. The summed E-state index contributed by atoms with van der Waals surface area (Å²) in [6, 6.07) is 2.41. The maximum atomic E-state index is 12.6. The number of aromatic nitrogens is 2. The fourth-order valence-electron chi connectivity index (χ4n) is 4.46. The molecule has 7 nitrogen and oxygen atoms in total. The molecule has 7 heteroatoms. The molecule has 1 atom stereocenters. The van der Waals surface area contributed by atoms with Gasteiger partial charge in [-0.2, -0.15) is 5.10 Å². The topological polar surface area (TPSA) is 70.5 Å². The van der Waals surface area contributed by atoms with Crippen LogP contribution in [-0.4, -0.2) is 70.2 Å². The summed E-state index contributed by atoms with van der Waals surface area (Å²) in [7, 11) is 0. The van der Waals surface area contributed by atoms with Gasteiger partial charge < -0.3 is 10.2 Å². The third-order valence-electron chi connectivity index (χ3n) is 6.24. The van der Waals surface area contributed by atoms with Crippen LogP contribution in [0.2, 0.25) is 0 Å². The van der Waals surface area contributed by atoms with Crippen LogP contribution in [-0.2, 0) is 16.1 Å². The first-order valence-corrected chi connectivity index (χ1v) is 10.5. The molecule has 3 heterocycles. The standard InChI is InChI=1S/C20H31N5O2/c26-19(21-9-14-25-11-2-8-22-25)17-3-1-10-24(15-17)18-6-12-23(13-7-18)20(27)16-4-5-16/h2,8,11,16-18H,1,3-7,9-10,12-15H2,(H,21,26)/t17-/m1/s1. The fourth-order valence-corrected chi connectivity index (χ4v) is 4.46. The van der Waals surface area contributed by atoms with Crippen molar-refractivity contribution >= 4 is 11.8 Å². The number of rotatable bonds is 6. The van der Waals surface area contributed by atoms with E-state index < -0.39 is 0 Å². The lowest BCUT2D eigenvalue weighted by atomic mass is 9.93. The van der Waals surface area contributed by atoms with Gasteiger partial charge in [-0.05, 0) is 51.1 Å². The number of piperidine rings is 2. The number of carbonyl (C=O) groups is 2. The van der Waals surface area contributed by atoms with E-state index >= 15 is 0 Å². The van der Waals surface area contributed by atoms with E-state index in [1.807, 2.05) is 16.9 Å². The molecule has 1 saturated carbocycles. The molecule has 3 fully saturated rings. The van der Waals surface area contributed by atoms with Crippen molar-refractivity contribution in [2.75, 3.05) is 32.7 Å². The van der Waals surface area contributed by atoms with Crippen LogP contribution < -0.4 is 5.32 Å². The molecule has 0 unspecified atom stereocenters. The lowest BCUT2D eigenvalue weighted by Crippen LogP contribution is -2.51. The predicted molar refractivity (Wildman–Crippen MR) is 102 cm³/mol. The first-order chi connectivity index (χ1) is 13.2. The van der Waals surface area contributed by atoms with E-state index in [-0.39, 0.29) is 11.8 Å². The summed E-state index contributed by atoms with van der Waals surface area (Å²) in [6.07, 6.45) is 9.99. The van der Waals surface area contributed by atoms with Gasteiger partial charge in [0.05, 0.1) is 12.5 Å². The van der Waals surface area contributed by atoms with Gasteiger partial charge in [-0.1, -0.05) is 0 Å². The zero-order valence-electron chi connectivity index (χ0n) is 16.1. The molecule has 2 saturated heterocycles. The third kappa shape index (κ3) is 4.69. The molecule has 148 valence electrons. The number of nitrogens with zero attached hydrogens (tertiary/aromatic N) is 4. The summed E-state index contributed by atoms with van der Waals surface area (Å²) in [4.78, 5) is 29.3. The van der Waals surface area contributed by atoms with E-state index in [2.05, 4.69) is 20.2 Å². The maximum absolute atomic E-state index is 12.6. The summed E-state index contributed by atoms with van der Waals surface area (Å²) >= 11 is 0. The highest BCUT2D eigenvalue weighted by Gasteiger charge is 2.37. The highest BCUT2D eigenvalue weighted by Crippen LogP contribution is 2.32. The molecule has 3 aliphatic rings. The first kappa shape index (κ1) is 18.5. The van der Waals surface area contributed by atoms with Crippen LogP contribution in [0.1, 0.15) is 38.5 Å². The zero-order valence-corrected chi connectivity index (χ0v) is 16.1. The average molecular weight is 374 g/mol. The van der Waals surface area contributed by atoms with E-state index in [0.717, 1.165) is 64.7 Å². The Morgan fingerprint density at radius 3 is 2.56 bits per heavy atom. The lowest BCUT2D eigenvalue weighted by Gasteiger charge is -2.42. The molecule has 4 rings (SSSR count). The highest BCUT2D eigenvalue weighted by atomic mass is 16.2. The van der Waals surface area contributed by atoms with Crippen molar-refractivity contribution in [3.05, 3.63) is 18.5 Å². The number of nitrogens with one attached hydrogen (secondary N) is 1. The number of carbonyl (C=O) groups excluding carboxylic acids is 2. The quantitative estimate of drug-likeness (QED) is 0.811. The van der Waals surface area contributed by atoms with Crippen LogP contribution >= 0.6 is 0 Å². The third-order valence-corrected chi connectivity index (χ3v) is 6.24. The minimum atomic E-state index is 0.0856. The Bertz CT molecular complexity index is 635. The van der Waals surface area contributed by atoms with Gasteiger partial charge in [0.2, 0.25) is 11.8 Å². The largest absolute Gasteiger partial charge is 0.354 e. The highest BCUT2D eigenvalue weighted by molar-refractivity contribution is 5.81. The molecule has 0 radical (unpaired) electrons. The Hall–Kier alpha value is -1.89. The second-order valence-corrected chi connectivity index (χ2v) is 8.22. The SMILES string of the molecule is O=C(NCCn1cccn1)[C@@H]1CCCN(C2CCN(C(=O)C3CC3)CC2)C1. The minimum Gasteiger partial charge on any atom is -0.354 e. The summed E-state index contributed by atoms with van der Waals surface area (Å²) < 4.78 is 1.84. The smallest absolute Gasteiger partial charge is 0.225 e. The monoisotopic (exact) mass is 373 g/mol. The lowest BCUT2D eigenvalue weighted by molar-refractivity contribution is -0.134. The number of hydrogen-bond acceptors (Lipinski definition) is 4. The second-order valence-electron chi connectivity index (χ2n) is 8.22. The molecular formula is C20H31N5O2. The molecule has 27 heavy (non-hydrogen) atoms. The zero-order chi connectivity index (χ0) is 18.6. The van der Waals surface area contributed by atoms with Crippen LogP contribution in [0.3, 0.4) is 0 Å². The molecule has 0 aromatic carbocycles. The van der Waals surface area contributed by atoms with Crippen molar-refractivity contribution in [2.24, 2.45) is 11.8 Å². The second kappa shape index (κ2) is 8.42. The van der Waals surface area contributed by atoms with Crippen LogP contribution in [0, 0.1) is 11.8 Å². The van der Waals surface area contributed by atoms with Crippen molar-refractivity contribution in [2.45, 2.75) is 51.1 Å². The van der Waals surface area contributed by atoms with E-state index in [4.69, 9.17) is 0 Å². The van der Waals surface area contributed by atoms with Crippen molar-refractivity contribution < 1.29 is 9.59 Å². The summed E-state index contributed by atoms with van der Waals surface area (Å²) in [5, 5.41) is 7.24. The number of likely N-dealkylation sites (tertiary alicyclic amines) is 2. The Morgan fingerprint density at radius 1 is 1.04 bits per heavy atom. The molecule has 1 aromatic rings. The Labute approximate surface area is 161 Å². The number of hydrogen-bond donors (Lipinski definition) is 1. The molecule has 1 N–H and O–H groups in total. The molecular weight excluding hydrogens is 342 g/mol. The van der Waals surface area contributed by atoms with Crippen LogP contribution in [0.4, 0.5) is 0 Å². The van der Waals surface area contributed by atoms with Crippen molar-refractivity contribution in [3.8, 4) is 0 Å². The van der Waals surface area contributed by atoms with Crippen molar-refractivity contribution in [3.63, 3.8) is 0 Å². The van der Waals surface area contributed by atoms with Crippen molar-refractivity contribution in [1.29, 1.82) is 0 Å². The predicted octanol–water partition coefficient (Wildman–Crippen LogP) is 1.11. The van der Waals surface area contributed by atoms with E-state index in [9.17, 15) is 9.59 Å². The molecule has 2 amide bonds. The van der Waals surface area contributed by atoms with Crippen LogP contribution in [0.15, 0.2) is 18.5 Å². The van der Waals surface area contributed by atoms with Gasteiger partial charge in [-0.3, -0.25) is 19.2 Å². The summed E-state index contributed by atoms with van der Waals surface area (Å²) in [6.45, 7) is 5.04. The normalized spacial score (nSPS) is 24.7. The van der Waals surface area contributed by atoms with Gasteiger partial charge in [-0.15, -0.1) is 0 Å². The minimum absolute atomic E-state index is 0.0856. The average Bonchev–Trinajstić information content (AvgIpc) is 3.44. The number of amides is 2. The first-order valence-electron chi connectivity index (χ1n) is 10.5. The summed E-state index contributed by atoms with van der Waals surface area (Å²) in [5.41, 5.74) is 0.